The molecule has 1 saturated heterocycles. The van der Waals surface area contributed by atoms with Crippen LogP contribution >= 0.6 is 11.3 Å². The van der Waals surface area contributed by atoms with Crippen molar-refractivity contribution in [3.05, 3.63) is 58.6 Å². The van der Waals surface area contributed by atoms with E-state index in [1.165, 1.54) is 17.4 Å². The first-order chi connectivity index (χ1) is 13.8. The molecule has 1 aliphatic rings. The molecule has 4 nitrogen and oxygen atoms in total. The van der Waals surface area contributed by atoms with Crippen molar-refractivity contribution < 1.29 is 18.0 Å². The molecule has 0 amide bonds. The summed E-state index contributed by atoms with van der Waals surface area (Å²) in [5.41, 5.74) is 0.285. The molecule has 1 aliphatic heterocycles. The Morgan fingerprint density at radius 2 is 1.83 bits per heavy atom. The zero-order valence-electron chi connectivity index (χ0n) is 15.9. The van der Waals surface area contributed by atoms with Gasteiger partial charge in [-0.25, -0.2) is 4.98 Å². The van der Waals surface area contributed by atoms with Gasteiger partial charge in [-0.15, -0.1) is 11.3 Å². The summed E-state index contributed by atoms with van der Waals surface area (Å²) in [5.74, 6) is 0.647. The summed E-state index contributed by atoms with van der Waals surface area (Å²) in [7, 11) is 0. The molecule has 3 heterocycles. The monoisotopic (exact) mass is 419 g/mol. The Hall–Kier alpha value is -2.45. The second-order valence-corrected chi connectivity index (χ2v) is 8.19. The minimum absolute atomic E-state index is 0.116. The molecular weight excluding hydrogens is 399 g/mol. The highest BCUT2D eigenvalue weighted by Crippen LogP contribution is 2.31. The fraction of sp³-hybridized carbons (Fsp3) is 0.333. The van der Waals surface area contributed by atoms with Crippen LogP contribution in [0.4, 0.5) is 19.0 Å². The fourth-order valence-corrected chi connectivity index (χ4v) is 4.73. The van der Waals surface area contributed by atoms with E-state index in [-0.39, 0.29) is 5.78 Å². The minimum Gasteiger partial charge on any atom is -0.354 e. The van der Waals surface area contributed by atoms with E-state index in [9.17, 15) is 18.0 Å². The Balaban J connectivity index is 1.37. The number of carbonyl (C=O) groups excluding carboxylic acids is 1. The predicted octanol–water partition coefficient (Wildman–Crippen LogP) is 4.63. The van der Waals surface area contributed by atoms with Gasteiger partial charge >= 0.3 is 6.18 Å². The molecule has 0 atom stereocenters. The molecule has 3 aromatic rings. The molecule has 0 aliphatic carbocycles. The van der Waals surface area contributed by atoms with Crippen LogP contribution < -0.4 is 4.90 Å². The van der Waals surface area contributed by atoms with Gasteiger partial charge < -0.3 is 4.90 Å². The number of hydrogen-bond donors (Lipinski definition) is 0. The largest absolute Gasteiger partial charge is 0.417 e. The number of hydrogen-bond acceptors (Lipinski definition) is 5. The van der Waals surface area contributed by atoms with Crippen LogP contribution in [0.25, 0.3) is 10.1 Å². The van der Waals surface area contributed by atoms with E-state index >= 15 is 0 Å². The summed E-state index contributed by atoms with van der Waals surface area (Å²) in [5, 5.41) is 1.12. The number of alkyl halides is 3. The highest BCUT2D eigenvalue weighted by atomic mass is 32.1. The van der Waals surface area contributed by atoms with Gasteiger partial charge in [0, 0.05) is 37.1 Å². The van der Waals surface area contributed by atoms with Crippen LogP contribution in [0.15, 0.2) is 42.6 Å². The fourth-order valence-electron chi connectivity index (χ4n) is 3.59. The van der Waals surface area contributed by atoms with Gasteiger partial charge in [-0.2, -0.15) is 13.2 Å². The van der Waals surface area contributed by atoms with Gasteiger partial charge in [0.2, 0.25) is 0 Å². The van der Waals surface area contributed by atoms with Crippen molar-refractivity contribution in [1.29, 1.82) is 0 Å². The zero-order valence-corrected chi connectivity index (χ0v) is 16.7. The number of rotatable bonds is 4. The Kier molecular flexibility index (Phi) is 5.31. The predicted molar refractivity (Wildman–Crippen MR) is 109 cm³/mol. The standard InChI is InChI=1S/C21H20F3N3OS/c1-14-16-4-2-3-5-18(16)29-20(14)17(28)13-26-8-10-27(11-9-26)19-7-6-15(12-25-19)21(22,23)24/h2-7,12H,8-11,13H2,1H3. The highest BCUT2D eigenvalue weighted by molar-refractivity contribution is 7.21. The molecule has 0 spiro atoms. The van der Waals surface area contributed by atoms with Gasteiger partial charge in [0.05, 0.1) is 17.0 Å². The first-order valence-electron chi connectivity index (χ1n) is 9.35. The molecule has 1 aromatic carbocycles. The van der Waals surface area contributed by atoms with E-state index in [1.807, 2.05) is 36.1 Å². The molecule has 2 aromatic heterocycles. The lowest BCUT2D eigenvalue weighted by Crippen LogP contribution is -2.48. The van der Waals surface area contributed by atoms with Crippen LogP contribution in [0.5, 0.6) is 0 Å². The van der Waals surface area contributed by atoms with E-state index in [1.54, 1.807) is 0 Å². The van der Waals surface area contributed by atoms with Crippen molar-refractivity contribution in [3.8, 4) is 0 Å². The number of fused-ring (bicyclic) bond motifs is 1. The summed E-state index contributed by atoms with van der Waals surface area (Å²) in [4.78, 5) is 21.6. The van der Waals surface area contributed by atoms with Crippen LogP contribution in [-0.2, 0) is 6.18 Å². The molecule has 0 bridgehead atoms. The average molecular weight is 419 g/mol. The molecule has 0 unspecified atom stereocenters. The third-order valence-corrected chi connectivity index (χ3v) is 6.55. The van der Waals surface area contributed by atoms with E-state index in [4.69, 9.17) is 0 Å². The Morgan fingerprint density at radius 3 is 2.45 bits per heavy atom. The topological polar surface area (TPSA) is 36.4 Å². The maximum Gasteiger partial charge on any atom is 0.417 e. The number of carbonyl (C=O) groups is 1. The van der Waals surface area contributed by atoms with E-state index < -0.39 is 11.7 Å². The van der Waals surface area contributed by atoms with Crippen LogP contribution in [0, 0.1) is 6.92 Å². The van der Waals surface area contributed by atoms with E-state index in [2.05, 4.69) is 9.88 Å². The summed E-state index contributed by atoms with van der Waals surface area (Å²) >= 11 is 1.53. The summed E-state index contributed by atoms with van der Waals surface area (Å²) in [6.07, 6.45) is -3.51. The van der Waals surface area contributed by atoms with Crippen molar-refractivity contribution in [2.45, 2.75) is 13.1 Å². The summed E-state index contributed by atoms with van der Waals surface area (Å²) in [6, 6.07) is 10.5. The van der Waals surface area contributed by atoms with Crippen LogP contribution in [0.3, 0.4) is 0 Å². The first-order valence-corrected chi connectivity index (χ1v) is 10.2. The average Bonchev–Trinajstić information content (AvgIpc) is 3.05. The molecule has 0 saturated carbocycles. The van der Waals surface area contributed by atoms with Gasteiger partial charge in [0.25, 0.3) is 0 Å². The molecule has 8 heteroatoms. The number of piperazine rings is 1. The third-order valence-electron chi connectivity index (χ3n) is 5.24. The van der Waals surface area contributed by atoms with Crippen molar-refractivity contribution in [3.63, 3.8) is 0 Å². The Morgan fingerprint density at radius 1 is 1.10 bits per heavy atom. The molecule has 4 rings (SSSR count). The SMILES string of the molecule is Cc1c(C(=O)CN2CCN(c3ccc(C(F)(F)F)cn3)CC2)sc2ccccc12. The lowest BCUT2D eigenvalue weighted by molar-refractivity contribution is -0.137. The molecule has 0 radical (unpaired) electrons. The number of halogens is 3. The summed E-state index contributed by atoms with van der Waals surface area (Å²) in [6.45, 7) is 4.91. The molecular formula is C21H20F3N3OS. The first kappa shape index (κ1) is 19.8. The Labute approximate surface area is 170 Å². The van der Waals surface area contributed by atoms with E-state index in [0.717, 1.165) is 32.8 Å². The van der Waals surface area contributed by atoms with Crippen LogP contribution in [-0.4, -0.2) is 48.4 Å². The highest BCUT2D eigenvalue weighted by Gasteiger charge is 2.31. The molecule has 152 valence electrons. The van der Waals surface area contributed by atoms with Crippen molar-refractivity contribution in [2.24, 2.45) is 0 Å². The smallest absolute Gasteiger partial charge is 0.354 e. The quantitative estimate of drug-likeness (QED) is 0.578. The molecule has 1 fully saturated rings. The zero-order chi connectivity index (χ0) is 20.6. The Bertz CT molecular complexity index is 1020. The van der Waals surface area contributed by atoms with Gasteiger partial charge in [0.15, 0.2) is 5.78 Å². The number of benzene rings is 1. The molecule has 29 heavy (non-hydrogen) atoms. The van der Waals surface area contributed by atoms with E-state index in [0.29, 0.717) is 38.5 Å². The maximum absolute atomic E-state index is 12.8. The van der Waals surface area contributed by atoms with Gasteiger partial charge in [-0.05, 0) is 36.1 Å². The molecule has 0 N–H and O–H groups in total. The summed E-state index contributed by atoms with van der Waals surface area (Å²) < 4.78 is 39.2. The minimum atomic E-state index is -4.38. The number of thiophene rings is 1. The van der Waals surface area contributed by atoms with Crippen molar-refractivity contribution in [1.82, 2.24) is 9.88 Å². The number of ketones is 1. The lowest BCUT2D eigenvalue weighted by atomic mass is 10.1. The van der Waals surface area contributed by atoms with Gasteiger partial charge in [0.1, 0.15) is 5.82 Å². The second kappa shape index (κ2) is 7.76. The number of pyridine rings is 1. The van der Waals surface area contributed by atoms with Crippen molar-refractivity contribution >= 4 is 33.0 Å². The third kappa shape index (κ3) is 4.13. The maximum atomic E-state index is 12.8. The van der Waals surface area contributed by atoms with Gasteiger partial charge in [-0.3, -0.25) is 9.69 Å². The normalized spacial score (nSPS) is 15.8. The number of nitrogens with zero attached hydrogens (tertiary/aromatic N) is 3. The second-order valence-electron chi connectivity index (χ2n) is 7.14. The van der Waals surface area contributed by atoms with Crippen molar-refractivity contribution in [2.75, 3.05) is 37.6 Å². The number of aryl methyl sites for hydroxylation is 1. The van der Waals surface area contributed by atoms with Crippen LogP contribution in [0.1, 0.15) is 20.8 Å². The van der Waals surface area contributed by atoms with Crippen LogP contribution in [0.2, 0.25) is 0 Å². The lowest BCUT2D eigenvalue weighted by Gasteiger charge is -2.35. The number of anilines is 1. The van der Waals surface area contributed by atoms with Gasteiger partial charge in [-0.1, -0.05) is 18.2 Å². The number of aromatic nitrogens is 1. The number of Topliss-reactive ketones (excluding diaryl/α,β-unsaturated/α-hetero) is 1.